The first-order valence-corrected chi connectivity index (χ1v) is 8.10. The van der Waals surface area contributed by atoms with Gasteiger partial charge in [-0.1, -0.05) is 17.7 Å². The Balaban J connectivity index is 1.85. The van der Waals surface area contributed by atoms with Gasteiger partial charge in [0.15, 0.2) is 5.69 Å². The van der Waals surface area contributed by atoms with Crippen LogP contribution in [-0.2, 0) is 6.54 Å². The van der Waals surface area contributed by atoms with Crippen molar-refractivity contribution < 1.29 is 4.79 Å². The molecule has 1 aromatic carbocycles. The lowest BCUT2D eigenvalue weighted by atomic mass is 10.2. The number of anilines is 1. The number of thiophene rings is 1. The van der Waals surface area contributed by atoms with Gasteiger partial charge >= 0.3 is 0 Å². The second kappa shape index (κ2) is 6.15. The minimum absolute atomic E-state index is 0.187. The van der Waals surface area contributed by atoms with Crippen LogP contribution in [0.3, 0.4) is 0 Å². The van der Waals surface area contributed by atoms with Crippen LogP contribution in [0.5, 0.6) is 0 Å². The minimum atomic E-state index is -0.187. The number of amides is 1. The summed E-state index contributed by atoms with van der Waals surface area (Å²) in [6.45, 7) is 4.76. The molecule has 3 rings (SSSR count). The zero-order chi connectivity index (χ0) is 15.5. The molecule has 0 bridgehead atoms. The highest BCUT2D eigenvalue weighted by molar-refractivity contribution is 7.08. The van der Waals surface area contributed by atoms with Crippen molar-refractivity contribution in [2.75, 3.05) is 5.32 Å². The van der Waals surface area contributed by atoms with Gasteiger partial charge in [0.05, 0.1) is 5.69 Å². The zero-order valence-electron chi connectivity index (χ0n) is 12.5. The maximum Gasteiger partial charge on any atom is 0.276 e. The van der Waals surface area contributed by atoms with Gasteiger partial charge in [-0.15, -0.1) is 0 Å². The summed E-state index contributed by atoms with van der Waals surface area (Å²) in [5.41, 5.74) is 4.43. The highest BCUT2D eigenvalue weighted by Gasteiger charge is 2.15. The molecule has 22 heavy (non-hydrogen) atoms. The molecule has 2 aromatic heterocycles. The Kier molecular flexibility index (Phi) is 4.06. The van der Waals surface area contributed by atoms with Crippen LogP contribution < -0.4 is 5.32 Å². The maximum absolute atomic E-state index is 12.4. The topological polar surface area (TPSA) is 46.9 Å². The van der Waals surface area contributed by atoms with Gasteiger partial charge in [0.2, 0.25) is 0 Å². The quantitative estimate of drug-likeness (QED) is 0.785. The first kappa shape index (κ1) is 14.5. The predicted molar refractivity (Wildman–Crippen MR) is 90.3 cm³/mol. The fourth-order valence-electron chi connectivity index (χ4n) is 2.24. The summed E-state index contributed by atoms with van der Waals surface area (Å²) in [6.07, 6.45) is 0. The Labute approximate surface area is 133 Å². The van der Waals surface area contributed by atoms with E-state index in [1.165, 1.54) is 0 Å². The van der Waals surface area contributed by atoms with Crippen molar-refractivity contribution >= 4 is 22.9 Å². The number of benzene rings is 1. The van der Waals surface area contributed by atoms with E-state index in [9.17, 15) is 4.79 Å². The van der Waals surface area contributed by atoms with E-state index in [-0.39, 0.29) is 5.91 Å². The number of aromatic nitrogens is 2. The molecule has 0 radical (unpaired) electrons. The first-order valence-electron chi connectivity index (χ1n) is 7.16. The monoisotopic (exact) mass is 311 g/mol. The van der Waals surface area contributed by atoms with Gasteiger partial charge in [-0.05, 0) is 43.5 Å². The second-order valence-electron chi connectivity index (χ2n) is 5.06. The van der Waals surface area contributed by atoms with E-state index >= 15 is 0 Å². The lowest BCUT2D eigenvalue weighted by molar-refractivity contribution is 0.102. The summed E-state index contributed by atoms with van der Waals surface area (Å²) in [7, 11) is 0. The lowest BCUT2D eigenvalue weighted by Gasteiger charge is -2.03. The van der Waals surface area contributed by atoms with Gasteiger partial charge < -0.3 is 5.32 Å². The van der Waals surface area contributed by atoms with Crippen molar-refractivity contribution in [2.45, 2.75) is 20.4 Å². The molecule has 0 saturated carbocycles. The SMILES string of the molecule is CCn1nc(C(=O)Nc2ccc(C)cc2)cc1-c1ccsc1. The maximum atomic E-state index is 12.4. The van der Waals surface area contributed by atoms with E-state index in [1.807, 2.05) is 60.3 Å². The molecule has 5 heteroatoms. The molecule has 0 fully saturated rings. The molecule has 0 atom stereocenters. The number of carbonyl (C=O) groups is 1. The highest BCUT2D eigenvalue weighted by Crippen LogP contribution is 2.23. The van der Waals surface area contributed by atoms with E-state index in [0.717, 1.165) is 29.1 Å². The average Bonchev–Trinajstić information content (AvgIpc) is 3.17. The standard InChI is InChI=1S/C17H17N3OS/c1-3-20-16(13-8-9-22-11-13)10-15(19-20)17(21)18-14-6-4-12(2)5-7-14/h4-11H,3H2,1-2H3,(H,18,21). The second-order valence-corrected chi connectivity index (χ2v) is 5.84. The third-order valence-corrected chi connectivity index (χ3v) is 4.12. The molecule has 1 amide bonds. The van der Waals surface area contributed by atoms with Crippen molar-refractivity contribution in [1.82, 2.24) is 9.78 Å². The normalized spacial score (nSPS) is 10.6. The third kappa shape index (κ3) is 2.94. The van der Waals surface area contributed by atoms with Gasteiger partial charge in [-0.3, -0.25) is 9.48 Å². The molecule has 0 saturated heterocycles. The van der Waals surface area contributed by atoms with Gasteiger partial charge in [-0.2, -0.15) is 16.4 Å². The Morgan fingerprint density at radius 3 is 2.68 bits per heavy atom. The Morgan fingerprint density at radius 2 is 2.05 bits per heavy atom. The predicted octanol–water partition coefficient (Wildman–Crippen LogP) is 4.19. The third-order valence-electron chi connectivity index (χ3n) is 3.44. The zero-order valence-corrected chi connectivity index (χ0v) is 13.4. The molecule has 112 valence electrons. The summed E-state index contributed by atoms with van der Waals surface area (Å²) in [4.78, 5) is 12.4. The Morgan fingerprint density at radius 1 is 1.27 bits per heavy atom. The van der Waals surface area contributed by atoms with Crippen LogP contribution in [0.4, 0.5) is 5.69 Å². The number of rotatable bonds is 4. The molecule has 0 aliphatic heterocycles. The summed E-state index contributed by atoms with van der Waals surface area (Å²) in [5, 5.41) is 11.4. The number of hydrogen-bond donors (Lipinski definition) is 1. The molecule has 1 N–H and O–H groups in total. The highest BCUT2D eigenvalue weighted by atomic mass is 32.1. The van der Waals surface area contributed by atoms with E-state index < -0.39 is 0 Å². The number of nitrogens with one attached hydrogen (secondary N) is 1. The molecule has 0 unspecified atom stereocenters. The van der Waals surface area contributed by atoms with Crippen LogP contribution in [0.25, 0.3) is 11.3 Å². The van der Waals surface area contributed by atoms with Crippen molar-refractivity contribution in [3.05, 3.63) is 58.4 Å². The fraction of sp³-hybridized carbons (Fsp3) is 0.176. The number of aryl methyl sites for hydroxylation is 2. The molecular formula is C17H17N3OS. The summed E-state index contributed by atoms with van der Waals surface area (Å²) < 4.78 is 1.85. The molecule has 0 spiro atoms. The largest absolute Gasteiger partial charge is 0.321 e. The summed E-state index contributed by atoms with van der Waals surface area (Å²) in [5.74, 6) is -0.187. The van der Waals surface area contributed by atoms with Crippen molar-refractivity contribution in [1.29, 1.82) is 0 Å². The molecule has 0 aliphatic rings. The van der Waals surface area contributed by atoms with E-state index in [0.29, 0.717) is 5.69 Å². The van der Waals surface area contributed by atoms with Gasteiger partial charge in [0, 0.05) is 23.2 Å². The van der Waals surface area contributed by atoms with Gasteiger partial charge in [0.25, 0.3) is 5.91 Å². The van der Waals surface area contributed by atoms with E-state index in [2.05, 4.69) is 15.8 Å². The van der Waals surface area contributed by atoms with Crippen LogP contribution in [0.1, 0.15) is 23.0 Å². The molecular weight excluding hydrogens is 294 g/mol. The molecule has 0 aliphatic carbocycles. The molecule has 4 nitrogen and oxygen atoms in total. The van der Waals surface area contributed by atoms with Crippen LogP contribution >= 0.6 is 11.3 Å². The van der Waals surface area contributed by atoms with Crippen LogP contribution in [0.2, 0.25) is 0 Å². The summed E-state index contributed by atoms with van der Waals surface area (Å²) in [6, 6.07) is 11.6. The number of carbonyl (C=O) groups excluding carboxylic acids is 1. The number of nitrogens with zero attached hydrogens (tertiary/aromatic N) is 2. The lowest BCUT2D eigenvalue weighted by Crippen LogP contribution is -2.13. The van der Waals surface area contributed by atoms with Crippen molar-refractivity contribution in [2.24, 2.45) is 0 Å². The Bertz CT molecular complexity index is 773. The van der Waals surface area contributed by atoms with Crippen molar-refractivity contribution in [3.63, 3.8) is 0 Å². The van der Waals surface area contributed by atoms with Crippen LogP contribution in [-0.4, -0.2) is 15.7 Å². The Hall–Kier alpha value is -2.40. The van der Waals surface area contributed by atoms with Crippen LogP contribution in [0.15, 0.2) is 47.2 Å². The average molecular weight is 311 g/mol. The van der Waals surface area contributed by atoms with Gasteiger partial charge in [0.1, 0.15) is 0 Å². The van der Waals surface area contributed by atoms with Crippen LogP contribution in [0, 0.1) is 6.92 Å². The number of hydrogen-bond acceptors (Lipinski definition) is 3. The smallest absolute Gasteiger partial charge is 0.276 e. The fourth-order valence-corrected chi connectivity index (χ4v) is 2.89. The summed E-state index contributed by atoms with van der Waals surface area (Å²) >= 11 is 1.63. The minimum Gasteiger partial charge on any atom is -0.321 e. The molecule has 2 heterocycles. The van der Waals surface area contributed by atoms with Gasteiger partial charge in [-0.25, -0.2) is 0 Å². The van der Waals surface area contributed by atoms with E-state index in [4.69, 9.17) is 0 Å². The first-order chi connectivity index (χ1) is 10.7. The molecule has 3 aromatic rings. The van der Waals surface area contributed by atoms with Crippen molar-refractivity contribution in [3.8, 4) is 11.3 Å². The van der Waals surface area contributed by atoms with E-state index in [1.54, 1.807) is 11.3 Å².